The number of likely N-dealkylation sites (N-methyl/N-ethyl adjacent to an activating group) is 1. The third kappa shape index (κ3) is 3.02. The molecule has 0 fully saturated rings. The van der Waals surface area contributed by atoms with Gasteiger partial charge in [-0.3, -0.25) is 4.98 Å². The topological polar surface area (TPSA) is 38.2 Å². The Morgan fingerprint density at radius 2 is 1.91 bits per heavy atom. The molecule has 0 saturated carbocycles. The van der Waals surface area contributed by atoms with Gasteiger partial charge in [0.15, 0.2) is 0 Å². The molecule has 0 bridgehead atoms. The summed E-state index contributed by atoms with van der Waals surface area (Å²) in [6, 6.07) is 12.1. The predicted molar refractivity (Wildman–Crippen MR) is 90.3 cm³/mol. The number of pyridine rings is 2. The summed E-state index contributed by atoms with van der Waals surface area (Å²) in [4.78, 5) is 11.4. The first kappa shape index (κ1) is 14.7. The minimum atomic E-state index is 0.659. The monoisotopic (exact) mass is 295 g/mol. The van der Waals surface area contributed by atoms with Crippen LogP contribution in [0.4, 0.5) is 0 Å². The first-order valence-corrected chi connectivity index (χ1v) is 7.81. The molecule has 0 unspecified atom stereocenters. The molecule has 4 heteroatoms. The van der Waals surface area contributed by atoms with Gasteiger partial charge in [0.1, 0.15) is 6.61 Å². The number of aromatic nitrogens is 2. The number of rotatable bonds is 6. The Bertz CT molecular complexity index is 768. The summed E-state index contributed by atoms with van der Waals surface area (Å²) in [7, 11) is 0. The zero-order chi connectivity index (χ0) is 15.4. The van der Waals surface area contributed by atoms with Crippen LogP contribution in [0.2, 0.25) is 0 Å². The van der Waals surface area contributed by atoms with Crippen molar-refractivity contribution in [3.8, 4) is 5.88 Å². The molecule has 0 spiro atoms. The van der Waals surface area contributed by atoms with E-state index in [0.29, 0.717) is 12.5 Å². The quantitative estimate of drug-likeness (QED) is 0.652. The molecule has 4 nitrogen and oxygen atoms in total. The standard InChI is InChI=1S/C18H21N3O/c1-3-21(4-2)12-13-22-17-10-8-15-16(20-17)9-7-14-6-5-11-19-18(14)15/h5-11H,3-4,12-13H2,1-2H3. The Kier molecular flexibility index (Phi) is 4.49. The molecule has 0 radical (unpaired) electrons. The second kappa shape index (κ2) is 6.71. The van der Waals surface area contributed by atoms with Gasteiger partial charge in [0.2, 0.25) is 5.88 Å². The van der Waals surface area contributed by atoms with E-state index in [0.717, 1.165) is 41.4 Å². The molecule has 0 atom stereocenters. The SMILES string of the molecule is CCN(CC)CCOc1ccc2c(ccc3cccnc32)n1. The van der Waals surface area contributed by atoms with Crippen LogP contribution in [0.25, 0.3) is 21.8 Å². The summed E-state index contributed by atoms with van der Waals surface area (Å²) in [6.07, 6.45) is 1.82. The normalized spacial score (nSPS) is 11.4. The van der Waals surface area contributed by atoms with Crippen molar-refractivity contribution in [2.75, 3.05) is 26.2 Å². The van der Waals surface area contributed by atoms with Gasteiger partial charge < -0.3 is 9.64 Å². The maximum Gasteiger partial charge on any atom is 0.213 e. The highest BCUT2D eigenvalue weighted by atomic mass is 16.5. The summed E-state index contributed by atoms with van der Waals surface area (Å²) in [5, 5.41) is 2.20. The highest BCUT2D eigenvalue weighted by molar-refractivity contribution is 6.03. The molecular formula is C18H21N3O. The molecule has 0 aliphatic rings. The summed E-state index contributed by atoms with van der Waals surface area (Å²) >= 11 is 0. The van der Waals surface area contributed by atoms with Crippen LogP contribution in [0.3, 0.4) is 0 Å². The van der Waals surface area contributed by atoms with Crippen molar-refractivity contribution in [2.24, 2.45) is 0 Å². The number of ether oxygens (including phenoxy) is 1. The van der Waals surface area contributed by atoms with Gasteiger partial charge >= 0.3 is 0 Å². The first-order valence-electron chi connectivity index (χ1n) is 7.81. The number of benzene rings is 1. The fourth-order valence-electron chi connectivity index (χ4n) is 2.63. The highest BCUT2D eigenvalue weighted by Crippen LogP contribution is 2.24. The Balaban J connectivity index is 1.80. The molecule has 0 aliphatic carbocycles. The molecule has 3 rings (SSSR count). The minimum absolute atomic E-state index is 0.659. The lowest BCUT2D eigenvalue weighted by atomic mass is 10.1. The van der Waals surface area contributed by atoms with Gasteiger partial charge in [0.05, 0.1) is 11.0 Å². The maximum absolute atomic E-state index is 5.79. The van der Waals surface area contributed by atoms with Gasteiger partial charge in [-0.25, -0.2) is 4.98 Å². The Morgan fingerprint density at radius 1 is 1.05 bits per heavy atom. The van der Waals surface area contributed by atoms with Crippen LogP contribution >= 0.6 is 0 Å². The van der Waals surface area contributed by atoms with E-state index in [9.17, 15) is 0 Å². The van der Waals surface area contributed by atoms with Crippen molar-refractivity contribution < 1.29 is 4.74 Å². The van der Waals surface area contributed by atoms with Crippen LogP contribution in [0.15, 0.2) is 42.6 Å². The molecule has 1 aromatic carbocycles. The van der Waals surface area contributed by atoms with E-state index in [-0.39, 0.29) is 0 Å². The van der Waals surface area contributed by atoms with E-state index < -0.39 is 0 Å². The largest absolute Gasteiger partial charge is 0.476 e. The van der Waals surface area contributed by atoms with Gasteiger partial charge in [0, 0.05) is 29.6 Å². The molecule has 114 valence electrons. The summed E-state index contributed by atoms with van der Waals surface area (Å²) in [6.45, 7) is 8.00. The van der Waals surface area contributed by atoms with Crippen LogP contribution in [0.1, 0.15) is 13.8 Å². The molecule has 0 N–H and O–H groups in total. The maximum atomic E-state index is 5.79. The van der Waals surface area contributed by atoms with Crippen molar-refractivity contribution in [1.29, 1.82) is 0 Å². The second-order valence-electron chi connectivity index (χ2n) is 5.23. The van der Waals surface area contributed by atoms with Crippen LogP contribution in [0.5, 0.6) is 5.88 Å². The van der Waals surface area contributed by atoms with Gasteiger partial charge in [0.25, 0.3) is 0 Å². The molecule has 0 amide bonds. The van der Waals surface area contributed by atoms with Gasteiger partial charge in [-0.1, -0.05) is 26.0 Å². The minimum Gasteiger partial charge on any atom is -0.476 e. The number of fused-ring (bicyclic) bond motifs is 3. The van der Waals surface area contributed by atoms with Crippen molar-refractivity contribution >= 4 is 21.8 Å². The fourth-order valence-corrected chi connectivity index (χ4v) is 2.63. The Labute approximate surface area is 130 Å². The Morgan fingerprint density at radius 3 is 2.73 bits per heavy atom. The third-order valence-electron chi connectivity index (χ3n) is 3.97. The predicted octanol–water partition coefficient (Wildman–Crippen LogP) is 3.50. The average Bonchev–Trinajstić information content (AvgIpc) is 2.58. The lowest BCUT2D eigenvalue weighted by Crippen LogP contribution is -2.28. The van der Waals surface area contributed by atoms with Crippen molar-refractivity contribution in [2.45, 2.75) is 13.8 Å². The molecule has 3 aromatic rings. The third-order valence-corrected chi connectivity index (χ3v) is 3.97. The lowest BCUT2D eigenvalue weighted by Gasteiger charge is -2.17. The zero-order valence-corrected chi connectivity index (χ0v) is 13.1. The van der Waals surface area contributed by atoms with E-state index >= 15 is 0 Å². The fraction of sp³-hybridized carbons (Fsp3) is 0.333. The zero-order valence-electron chi connectivity index (χ0n) is 13.1. The molecule has 2 heterocycles. The molecule has 2 aromatic heterocycles. The van der Waals surface area contributed by atoms with Crippen LogP contribution in [-0.2, 0) is 0 Å². The molecular weight excluding hydrogens is 274 g/mol. The van der Waals surface area contributed by atoms with Crippen LogP contribution in [-0.4, -0.2) is 41.1 Å². The van der Waals surface area contributed by atoms with E-state index in [1.54, 1.807) is 0 Å². The number of hydrogen-bond donors (Lipinski definition) is 0. The highest BCUT2D eigenvalue weighted by Gasteiger charge is 2.05. The van der Waals surface area contributed by atoms with Crippen molar-refractivity contribution in [1.82, 2.24) is 14.9 Å². The van der Waals surface area contributed by atoms with Crippen LogP contribution in [0, 0.1) is 0 Å². The lowest BCUT2D eigenvalue weighted by molar-refractivity contribution is 0.218. The van der Waals surface area contributed by atoms with Gasteiger partial charge in [-0.05, 0) is 31.3 Å². The summed E-state index contributed by atoms with van der Waals surface area (Å²) in [5.41, 5.74) is 1.91. The van der Waals surface area contributed by atoms with Gasteiger partial charge in [-0.15, -0.1) is 0 Å². The second-order valence-corrected chi connectivity index (χ2v) is 5.23. The van der Waals surface area contributed by atoms with E-state index in [1.165, 1.54) is 0 Å². The summed E-state index contributed by atoms with van der Waals surface area (Å²) < 4.78 is 5.79. The molecule has 0 saturated heterocycles. The van der Waals surface area contributed by atoms with Crippen molar-refractivity contribution in [3.05, 3.63) is 42.6 Å². The number of hydrogen-bond acceptors (Lipinski definition) is 4. The van der Waals surface area contributed by atoms with Crippen molar-refractivity contribution in [3.63, 3.8) is 0 Å². The van der Waals surface area contributed by atoms with Gasteiger partial charge in [-0.2, -0.15) is 0 Å². The first-order chi connectivity index (χ1) is 10.8. The molecule has 22 heavy (non-hydrogen) atoms. The summed E-state index contributed by atoms with van der Waals surface area (Å²) in [5.74, 6) is 0.676. The molecule has 0 aliphatic heterocycles. The van der Waals surface area contributed by atoms with E-state index in [1.807, 2.05) is 30.5 Å². The Hall–Kier alpha value is -2.20. The number of nitrogens with zero attached hydrogens (tertiary/aromatic N) is 3. The smallest absolute Gasteiger partial charge is 0.213 e. The van der Waals surface area contributed by atoms with Crippen LogP contribution < -0.4 is 4.74 Å². The average molecular weight is 295 g/mol. The van der Waals surface area contributed by atoms with E-state index in [2.05, 4.69) is 40.8 Å². The van der Waals surface area contributed by atoms with E-state index in [4.69, 9.17) is 4.74 Å².